The molecule has 0 aromatic rings. The van der Waals surface area contributed by atoms with Crippen molar-refractivity contribution in [2.75, 3.05) is 0 Å². The number of nitrogens with one attached hydrogen (secondary N) is 1. The van der Waals surface area contributed by atoms with E-state index in [4.69, 9.17) is 14.9 Å². The molecule has 2 aliphatic heterocycles. The first-order valence-electron chi connectivity index (χ1n) is 7.97. The minimum Gasteiger partial charge on any atom is -0.448 e. The van der Waals surface area contributed by atoms with E-state index in [1.54, 1.807) is 6.92 Å². The Balaban J connectivity index is 2.73. The highest BCUT2D eigenvalue weighted by molar-refractivity contribution is 5.89. The maximum Gasteiger partial charge on any atom is 0.214 e. The van der Waals surface area contributed by atoms with E-state index in [9.17, 15) is 15.8 Å². The molecule has 0 saturated carbocycles. The summed E-state index contributed by atoms with van der Waals surface area (Å²) in [6.07, 6.45) is 0.977. The average Bonchev–Trinajstić information content (AvgIpc) is 2.65. The lowest BCUT2D eigenvalue weighted by Crippen LogP contribution is -2.62. The normalized spacial score (nSPS) is 37.6. The molecule has 2 heterocycles. The van der Waals surface area contributed by atoms with Crippen molar-refractivity contribution in [1.29, 1.82) is 21.2 Å². The van der Waals surface area contributed by atoms with Crippen LogP contribution in [0.1, 0.15) is 47.0 Å². The SMILES string of the molecule is CCCC1C2(C)OC(=N)C1(C#N)C(C#N)(C#N)C(CC(C)C)O2. The third-order valence-electron chi connectivity index (χ3n) is 5.09. The number of fused-ring (bicyclic) bond motifs is 2. The van der Waals surface area contributed by atoms with Crippen molar-refractivity contribution in [3.63, 3.8) is 0 Å². The van der Waals surface area contributed by atoms with Crippen molar-refractivity contribution < 1.29 is 9.47 Å². The zero-order valence-corrected chi connectivity index (χ0v) is 14.0. The largest absolute Gasteiger partial charge is 0.448 e. The summed E-state index contributed by atoms with van der Waals surface area (Å²) in [5.74, 6) is -1.79. The quantitative estimate of drug-likeness (QED) is 0.856. The third-order valence-corrected chi connectivity index (χ3v) is 5.09. The van der Waals surface area contributed by atoms with E-state index in [1.807, 2.05) is 32.9 Å². The summed E-state index contributed by atoms with van der Waals surface area (Å²) >= 11 is 0. The van der Waals surface area contributed by atoms with Crippen molar-refractivity contribution >= 4 is 5.90 Å². The van der Waals surface area contributed by atoms with Gasteiger partial charge in [-0.25, -0.2) is 0 Å². The summed E-state index contributed by atoms with van der Waals surface area (Å²) in [5, 5.41) is 38.0. The van der Waals surface area contributed by atoms with Crippen molar-refractivity contribution in [3.8, 4) is 18.2 Å². The van der Waals surface area contributed by atoms with Crippen LogP contribution < -0.4 is 0 Å². The summed E-state index contributed by atoms with van der Waals surface area (Å²) in [6.45, 7) is 7.61. The number of hydrogen-bond acceptors (Lipinski definition) is 6. The second-order valence-corrected chi connectivity index (χ2v) is 6.98. The van der Waals surface area contributed by atoms with Gasteiger partial charge in [0.1, 0.15) is 0 Å². The van der Waals surface area contributed by atoms with Gasteiger partial charge in [-0.2, -0.15) is 15.8 Å². The molecule has 0 aromatic heterocycles. The molecule has 0 spiro atoms. The lowest BCUT2D eigenvalue weighted by Gasteiger charge is -2.49. The monoisotopic (exact) mass is 314 g/mol. The average molecular weight is 314 g/mol. The second-order valence-electron chi connectivity index (χ2n) is 6.98. The summed E-state index contributed by atoms with van der Waals surface area (Å²) in [5.41, 5.74) is -3.32. The molecule has 122 valence electrons. The number of nitriles is 3. The predicted octanol–water partition coefficient (Wildman–Crippen LogP) is 3.11. The van der Waals surface area contributed by atoms with E-state index in [0.29, 0.717) is 12.8 Å². The molecule has 2 saturated heterocycles. The molecule has 0 amide bonds. The van der Waals surface area contributed by atoms with E-state index in [2.05, 4.69) is 6.07 Å². The molecule has 1 N–H and O–H groups in total. The van der Waals surface area contributed by atoms with Gasteiger partial charge in [-0.05, 0) is 18.8 Å². The van der Waals surface area contributed by atoms with E-state index >= 15 is 0 Å². The number of nitrogens with zero attached hydrogens (tertiary/aromatic N) is 3. The van der Waals surface area contributed by atoms with Gasteiger partial charge in [0.05, 0.1) is 30.2 Å². The maximum atomic E-state index is 9.97. The molecule has 2 bridgehead atoms. The first kappa shape index (κ1) is 17.3. The van der Waals surface area contributed by atoms with E-state index in [0.717, 1.165) is 6.42 Å². The zero-order valence-electron chi connectivity index (χ0n) is 14.0. The molecule has 2 rings (SSSR count). The van der Waals surface area contributed by atoms with E-state index < -0.39 is 28.6 Å². The van der Waals surface area contributed by atoms with Crippen molar-refractivity contribution in [3.05, 3.63) is 0 Å². The fraction of sp³-hybridized carbons (Fsp3) is 0.765. The van der Waals surface area contributed by atoms with Crippen molar-refractivity contribution in [2.45, 2.75) is 58.8 Å². The van der Waals surface area contributed by atoms with Crippen LogP contribution >= 0.6 is 0 Å². The lowest BCUT2D eigenvalue weighted by molar-refractivity contribution is -0.273. The molecule has 2 aliphatic rings. The first-order chi connectivity index (χ1) is 10.8. The summed E-state index contributed by atoms with van der Waals surface area (Å²) in [6, 6.07) is 6.24. The van der Waals surface area contributed by atoms with Gasteiger partial charge in [-0.15, -0.1) is 0 Å². The molecular weight excluding hydrogens is 292 g/mol. The van der Waals surface area contributed by atoms with Crippen LogP contribution in [0.4, 0.5) is 0 Å². The Hall–Kier alpha value is -2.10. The minimum atomic E-state index is -1.74. The number of hydrogen-bond donors (Lipinski definition) is 1. The van der Waals surface area contributed by atoms with E-state index in [1.165, 1.54) is 0 Å². The fourth-order valence-corrected chi connectivity index (χ4v) is 4.07. The Morgan fingerprint density at radius 1 is 1.22 bits per heavy atom. The predicted molar refractivity (Wildman–Crippen MR) is 81.6 cm³/mol. The van der Waals surface area contributed by atoms with Gasteiger partial charge in [-0.1, -0.05) is 27.2 Å². The summed E-state index contributed by atoms with van der Waals surface area (Å²) in [4.78, 5) is 0. The molecule has 6 heteroatoms. The van der Waals surface area contributed by atoms with Gasteiger partial charge in [0.2, 0.25) is 11.7 Å². The Kier molecular flexibility index (Phi) is 4.14. The summed E-state index contributed by atoms with van der Waals surface area (Å²) in [7, 11) is 0. The molecule has 0 aromatic carbocycles. The Morgan fingerprint density at radius 3 is 2.26 bits per heavy atom. The number of rotatable bonds is 4. The van der Waals surface area contributed by atoms with Crippen LogP contribution in [0.5, 0.6) is 0 Å². The van der Waals surface area contributed by atoms with Crippen molar-refractivity contribution in [1.82, 2.24) is 0 Å². The molecule has 2 fully saturated rings. The molecule has 4 atom stereocenters. The van der Waals surface area contributed by atoms with E-state index in [-0.39, 0.29) is 11.8 Å². The van der Waals surface area contributed by atoms with Gasteiger partial charge >= 0.3 is 0 Å². The Labute approximate surface area is 137 Å². The maximum absolute atomic E-state index is 9.97. The summed E-state index contributed by atoms with van der Waals surface area (Å²) < 4.78 is 11.7. The minimum absolute atomic E-state index is 0.178. The van der Waals surface area contributed by atoms with Crippen molar-refractivity contribution in [2.24, 2.45) is 22.7 Å². The second kappa shape index (κ2) is 5.52. The van der Waals surface area contributed by atoms with Gasteiger partial charge in [-0.3, -0.25) is 5.41 Å². The molecule has 4 unspecified atom stereocenters. The lowest BCUT2D eigenvalue weighted by atomic mass is 9.53. The molecule has 6 nitrogen and oxygen atoms in total. The van der Waals surface area contributed by atoms with Crippen LogP contribution in [0.15, 0.2) is 0 Å². The highest BCUT2D eigenvalue weighted by Crippen LogP contribution is 2.64. The van der Waals surface area contributed by atoms with Crippen LogP contribution in [0.3, 0.4) is 0 Å². The van der Waals surface area contributed by atoms with Crippen LogP contribution in [0, 0.1) is 62.1 Å². The third kappa shape index (κ3) is 1.97. The zero-order chi connectivity index (χ0) is 17.5. The Morgan fingerprint density at radius 2 is 1.83 bits per heavy atom. The van der Waals surface area contributed by atoms with Crippen LogP contribution in [-0.4, -0.2) is 17.8 Å². The molecule has 0 radical (unpaired) electrons. The topological polar surface area (TPSA) is 114 Å². The smallest absolute Gasteiger partial charge is 0.214 e. The fourth-order valence-electron chi connectivity index (χ4n) is 4.07. The van der Waals surface area contributed by atoms with Gasteiger partial charge < -0.3 is 9.47 Å². The molecule has 0 aliphatic carbocycles. The van der Waals surface area contributed by atoms with Gasteiger partial charge in [0, 0.05) is 6.92 Å². The van der Waals surface area contributed by atoms with Gasteiger partial charge in [0.15, 0.2) is 10.8 Å². The number of ether oxygens (including phenoxy) is 2. The highest BCUT2D eigenvalue weighted by Gasteiger charge is 2.78. The Bertz CT molecular complexity index is 624. The van der Waals surface area contributed by atoms with Crippen LogP contribution in [0.25, 0.3) is 0 Å². The molecule has 23 heavy (non-hydrogen) atoms. The first-order valence-corrected chi connectivity index (χ1v) is 7.97. The molecular formula is C17H22N4O2. The van der Waals surface area contributed by atoms with Gasteiger partial charge in [0.25, 0.3) is 0 Å². The van der Waals surface area contributed by atoms with Crippen LogP contribution in [0.2, 0.25) is 0 Å². The highest BCUT2D eigenvalue weighted by atomic mass is 16.7. The van der Waals surface area contributed by atoms with Crippen LogP contribution in [-0.2, 0) is 9.47 Å². The standard InChI is InChI=1S/C17H22N4O2/c1-5-6-12-15(4)22-13(7-11(2)3)16(8-18,9-19)17(12,10-20)14(21)23-15/h11-13,21H,5-7H2,1-4H3.